The Hall–Kier alpha value is -3.40. The molecule has 3 aromatic rings. The van der Waals surface area contributed by atoms with Crippen molar-refractivity contribution in [3.63, 3.8) is 0 Å². The van der Waals surface area contributed by atoms with Gasteiger partial charge in [-0.05, 0) is 35.0 Å². The molecule has 124 valence electrons. The smallest absolute Gasteiger partial charge is 0.221 e. The third-order valence-corrected chi connectivity index (χ3v) is 3.75. The van der Waals surface area contributed by atoms with Crippen LogP contribution in [0, 0.1) is 0 Å². The third-order valence-electron chi connectivity index (χ3n) is 3.75. The van der Waals surface area contributed by atoms with Gasteiger partial charge in [0.1, 0.15) is 0 Å². The van der Waals surface area contributed by atoms with E-state index in [1.54, 1.807) is 18.3 Å². The van der Waals surface area contributed by atoms with E-state index in [-0.39, 0.29) is 11.7 Å². The van der Waals surface area contributed by atoms with Gasteiger partial charge in [0.15, 0.2) is 5.78 Å². The molecule has 1 amide bonds. The Morgan fingerprint density at radius 3 is 2.28 bits per heavy atom. The summed E-state index contributed by atoms with van der Waals surface area (Å²) in [6, 6.07) is 20.8. The number of amides is 1. The molecule has 3 rings (SSSR count). The van der Waals surface area contributed by atoms with Gasteiger partial charge < -0.3 is 10.6 Å². The van der Waals surface area contributed by atoms with Crippen molar-refractivity contribution >= 4 is 33.8 Å². The second-order valence-electron chi connectivity index (χ2n) is 5.63. The summed E-state index contributed by atoms with van der Waals surface area (Å²) in [6.45, 7) is 1.47. The van der Waals surface area contributed by atoms with Gasteiger partial charge in [-0.25, -0.2) is 0 Å². The van der Waals surface area contributed by atoms with E-state index in [9.17, 15) is 9.59 Å². The van der Waals surface area contributed by atoms with Crippen LogP contribution in [0.25, 0.3) is 10.8 Å². The van der Waals surface area contributed by atoms with Gasteiger partial charge >= 0.3 is 0 Å². The van der Waals surface area contributed by atoms with Crippen molar-refractivity contribution in [1.29, 1.82) is 0 Å². The predicted molar refractivity (Wildman–Crippen MR) is 102 cm³/mol. The fraction of sp³-hybridized carbons (Fsp3) is 0.0476. The Morgan fingerprint density at radius 1 is 0.840 bits per heavy atom. The minimum atomic E-state index is -0.110. The Labute approximate surface area is 146 Å². The number of ketones is 1. The zero-order valence-corrected chi connectivity index (χ0v) is 13.8. The fourth-order valence-corrected chi connectivity index (χ4v) is 2.60. The molecule has 0 aliphatic heterocycles. The number of benzene rings is 3. The molecular weight excluding hydrogens is 312 g/mol. The molecule has 2 N–H and O–H groups in total. The molecule has 0 spiro atoms. The molecule has 3 aromatic carbocycles. The van der Waals surface area contributed by atoms with Gasteiger partial charge in [-0.15, -0.1) is 0 Å². The molecule has 0 aliphatic rings. The van der Waals surface area contributed by atoms with Crippen LogP contribution in [-0.4, -0.2) is 11.7 Å². The lowest BCUT2D eigenvalue weighted by Crippen LogP contribution is -2.05. The van der Waals surface area contributed by atoms with Crippen molar-refractivity contribution in [3.8, 4) is 0 Å². The van der Waals surface area contributed by atoms with Gasteiger partial charge in [0.05, 0.1) is 0 Å². The fourth-order valence-electron chi connectivity index (χ4n) is 2.60. The van der Waals surface area contributed by atoms with Crippen molar-refractivity contribution < 1.29 is 9.59 Å². The van der Waals surface area contributed by atoms with Crippen LogP contribution >= 0.6 is 0 Å². The molecule has 25 heavy (non-hydrogen) atoms. The van der Waals surface area contributed by atoms with Gasteiger partial charge in [-0.2, -0.15) is 0 Å². The van der Waals surface area contributed by atoms with E-state index in [0.717, 1.165) is 22.1 Å². The maximum Gasteiger partial charge on any atom is 0.221 e. The molecule has 4 heteroatoms. The number of hydrogen-bond donors (Lipinski definition) is 2. The lowest BCUT2D eigenvalue weighted by atomic mass is 10.0. The molecule has 4 nitrogen and oxygen atoms in total. The molecule has 0 fully saturated rings. The number of carbonyl (C=O) groups is 2. The maximum atomic E-state index is 12.4. The lowest BCUT2D eigenvalue weighted by molar-refractivity contribution is -0.114. The Bertz CT molecular complexity index is 938. The average molecular weight is 330 g/mol. The van der Waals surface area contributed by atoms with Crippen LogP contribution in [0.1, 0.15) is 17.3 Å². The Balaban J connectivity index is 1.69. The zero-order valence-electron chi connectivity index (χ0n) is 13.8. The van der Waals surface area contributed by atoms with E-state index >= 15 is 0 Å². The van der Waals surface area contributed by atoms with Crippen molar-refractivity contribution in [1.82, 2.24) is 0 Å². The van der Waals surface area contributed by atoms with Crippen molar-refractivity contribution in [2.45, 2.75) is 6.92 Å². The number of carbonyl (C=O) groups excluding carboxylic acids is 2. The number of hydrogen-bond acceptors (Lipinski definition) is 3. The first-order valence-corrected chi connectivity index (χ1v) is 7.96. The van der Waals surface area contributed by atoms with E-state index in [1.165, 1.54) is 13.0 Å². The maximum absolute atomic E-state index is 12.4. The summed E-state index contributed by atoms with van der Waals surface area (Å²) < 4.78 is 0. The lowest BCUT2D eigenvalue weighted by Gasteiger charge is -2.05. The summed E-state index contributed by atoms with van der Waals surface area (Å²) >= 11 is 0. The SMILES string of the molecule is CC(=O)Nc1ccc(NC=CC(=O)c2cccc3ccccc23)cc1. The van der Waals surface area contributed by atoms with Crippen molar-refractivity contribution in [3.05, 3.63) is 84.6 Å². The van der Waals surface area contributed by atoms with E-state index in [0.29, 0.717) is 5.56 Å². The molecule has 0 bridgehead atoms. The van der Waals surface area contributed by atoms with E-state index in [4.69, 9.17) is 0 Å². The van der Waals surface area contributed by atoms with Crippen LogP contribution < -0.4 is 10.6 Å². The van der Waals surface area contributed by atoms with Gasteiger partial charge in [-0.1, -0.05) is 42.5 Å². The topological polar surface area (TPSA) is 58.2 Å². The summed E-state index contributed by atoms with van der Waals surface area (Å²) in [6.07, 6.45) is 3.14. The highest BCUT2D eigenvalue weighted by Gasteiger charge is 2.06. The number of allylic oxidation sites excluding steroid dienone is 1. The van der Waals surface area contributed by atoms with Gasteiger partial charge in [0, 0.05) is 36.1 Å². The highest BCUT2D eigenvalue weighted by atomic mass is 16.1. The number of anilines is 2. The van der Waals surface area contributed by atoms with E-state index < -0.39 is 0 Å². The predicted octanol–water partition coefficient (Wildman–Crippen LogP) is 4.61. The van der Waals surface area contributed by atoms with Gasteiger partial charge in [-0.3, -0.25) is 9.59 Å². The Morgan fingerprint density at radius 2 is 1.52 bits per heavy atom. The molecule has 0 heterocycles. The molecule has 0 atom stereocenters. The minimum absolute atomic E-state index is 0.0563. The second kappa shape index (κ2) is 7.45. The summed E-state index contributed by atoms with van der Waals surface area (Å²) in [5.74, 6) is -0.166. The van der Waals surface area contributed by atoms with Crippen molar-refractivity contribution in [2.24, 2.45) is 0 Å². The van der Waals surface area contributed by atoms with Crippen LogP contribution in [0.2, 0.25) is 0 Å². The highest BCUT2D eigenvalue weighted by Crippen LogP contribution is 2.19. The Kier molecular flexibility index (Phi) is 4.90. The standard InChI is InChI=1S/C21H18N2O2/c1-15(24)23-18-11-9-17(10-12-18)22-14-13-21(25)20-8-4-6-16-5-2-3-7-19(16)20/h2-14,22H,1H3,(H,23,24). The van der Waals surface area contributed by atoms with Gasteiger partial charge in [0.2, 0.25) is 5.91 Å². The summed E-state index contributed by atoms with van der Waals surface area (Å²) in [5, 5.41) is 7.75. The molecule has 0 unspecified atom stereocenters. The second-order valence-corrected chi connectivity index (χ2v) is 5.63. The van der Waals surface area contributed by atoms with E-state index in [2.05, 4.69) is 10.6 Å². The van der Waals surface area contributed by atoms with Crippen LogP contribution in [0.5, 0.6) is 0 Å². The quantitative estimate of drug-likeness (QED) is 0.531. The minimum Gasteiger partial charge on any atom is -0.362 e. The van der Waals surface area contributed by atoms with Crippen molar-refractivity contribution in [2.75, 3.05) is 10.6 Å². The first kappa shape index (κ1) is 16.5. The monoisotopic (exact) mass is 330 g/mol. The number of fused-ring (bicyclic) bond motifs is 1. The normalized spacial score (nSPS) is 10.8. The number of rotatable bonds is 5. The van der Waals surface area contributed by atoms with Crippen LogP contribution in [0.15, 0.2) is 79.0 Å². The molecule has 0 aliphatic carbocycles. The van der Waals surface area contributed by atoms with Gasteiger partial charge in [0.25, 0.3) is 0 Å². The summed E-state index contributed by atoms with van der Waals surface area (Å²) in [7, 11) is 0. The molecule has 0 saturated carbocycles. The largest absolute Gasteiger partial charge is 0.362 e. The molecule has 0 radical (unpaired) electrons. The van der Waals surface area contributed by atoms with Crippen LogP contribution in [0.3, 0.4) is 0 Å². The first-order valence-electron chi connectivity index (χ1n) is 7.96. The van der Waals surface area contributed by atoms with Crippen LogP contribution in [-0.2, 0) is 4.79 Å². The molecule has 0 saturated heterocycles. The average Bonchev–Trinajstić information content (AvgIpc) is 2.62. The zero-order chi connectivity index (χ0) is 17.6. The van der Waals surface area contributed by atoms with Crippen LogP contribution in [0.4, 0.5) is 11.4 Å². The summed E-state index contributed by atoms with van der Waals surface area (Å²) in [5.41, 5.74) is 2.24. The first-order chi connectivity index (χ1) is 12.1. The molecule has 0 aromatic heterocycles. The third kappa shape index (κ3) is 4.12. The highest BCUT2D eigenvalue weighted by molar-refractivity contribution is 6.13. The van der Waals surface area contributed by atoms with E-state index in [1.807, 2.05) is 54.6 Å². The molecular formula is C21H18N2O2. The summed E-state index contributed by atoms with van der Waals surface area (Å²) in [4.78, 5) is 23.4. The number of nitrogens with one attached hydrogen (secondary N) is 2.